The number of rotatable bonds is 6. The van der Waals surface area contributed by atoms with Crippen LogP contribution in [-0.4, -0.2) is 19.6 Å². The van der Waals surface area contributed by atoms with Crippen LogP contribution in [0.4, 0.5) is 0 Å². The number of nitrogens with zero attached hydrogens (tertiary/aromatic N) is 1. The van der Waals surface area contributed by atoms with E-state index in [1.165, 1.54) is 0 Å². The van der Waals surface area contributed by atoms with Crippen LogP contribution in [0.1, 0.15) is 18.2 Å². The van der Waals surface area contributed by atoms with Gasteiger partial charge in [-0.15, -0.1) is 0 Å². The van der Waals surface area contributed by atoms with Gasteiger partial charge in [0.05, 0.1) is 26.5 Å². The Morgan fingerprint density at radius 2 is 2.18 bits per heavy atom. The standard InChI is InChI=1S/C16H20BrN3O2/c1-3-18-16(20-11-14-5-4-8-22-14)19-10-12-9-13(17)6-7-15(12)21-2/h4-9H,3,10-11H2,1-2H3,(H2,18,19,20). The van der Waals surface area contributed by atoms with Crippen LogP contribution in [0.5, 0.6) is 5.75 Å². The van der Waals surface area contributed by atoms with Crippen molar-refractivity contribution in [3.63, 3.8) is 0 Å². The number of aliphatic imine (C=N–C) groups is 1. The molecule has 6 heteroatoms. The first-order valence-electron chi connectivity index (χ1n) is 7.10. The Hall–Kier alpha value is -1.95. The Balaban J connectivity index is 2.04. The largest absolute Gasteiger partial charge is 0.496 e. The maximum absolute atomic E-state index is 5.37. The molecule has 2 aromatic rings. The molecule has 2 rings (SSSR count). The SMILES string of the molecule is CCNC(=NCc1cc(Br)ccc1OC)NCc1ccco1. The van der Waals surface area contributed by atoms with Gasteiger partial charge in [0.25, 0.3) is 0 Å². The van der Waals surface area contributed by atoms with Gasteiger partial charge in [0.15, 0.2) is 5.96 Å². The maximum atomic E-state index is 5.37. The van der Waals surface area contributed by atoms with E-state index in [9.17, 15) is 0 Å². The lowest BCUT2D eigenvalue weighted by molar-refractivity contribution is 0.409. The monoisotopic (exact) mass is 365 g/mol. The molecular formula is C16H20BrN3O2. The zero-order valence-corrected chi connectivity index (χ0v) is 14.3. The third-order valence-electron chi connectivity index (χ3n) is 3.00. The molecule has 0 atom stereocenters. The molecule has 0 spiro atoms. The summed E-state index contributed by atoms with van der Waals surface area (Å²) in [5.74, 6) is 2.43. The van der Waals surface area contributed by atoms with Crippen LogP contribution in [-0.2, 0) is 13.1 Å². The van der Waals surface area contributed by atoms with Gasteiger partial charge in [-0.25, -0.2) is 4.99 Å². The zero-order chi connectivity index (χ0) is 15.8. The minimum atomic E-state index is 0.524. The van der Waals surface area contributed by atoms with Gasteiger partial charge in [-0.05, 0) is 37.3 Å². The van der Waals surface area contributed by atoms with E-state index in [1.807, 2.05) is 37.3 Å². The minimum absolute atomic E-state index is 0.524. The van der Waals surface area contributed by atoms with Crippen LogP contribution in [0.25, 0.3) is 0 Å². The van der Waals surface area contributed by atoms with Crippen LogP contribution >= 0.6 is 15.9 Å². The van der Waals surface area contributed by atoms with E-state index in [1.54, 1.807) is 13.4 Å². The lowest BCUT2D eigenvalue weighted by Crippen LogP contribution is -2.36. The molecular weight excluding hydrogens is 346 g/mol. The molecule has 118 valence electrons. The molecule has 0 radical (unpaired) electrons. The predicted molar refractivity (Wildman–Crippen MR) is 91.1 cm³/mol. The second-order valence-corrected chi connectivity index (χ2v) is 5.50. The molecule has 0 aliphatic carbocycles. The van der Waals surface area contributed by atoms with Crippen molar-refractivity contribution in [1.29, 1.82) is 0 Å². The number of ether oxygens (including phenoxy) is 1. The van der Waals surface area contributed by atoms with Crippen molar-refractivity contribution >= 4 is 21.9 Å². The van der Waals surface area contributed by atoms with Crippen molar-refractivity contribution in [2.24, 2.45) is 4.99 Å². The fourth-order valence-electron chi connectivity index (χ4n) is 1.96. The highest BCUT2D eigenvalue weighted by atomic mass is 79.9. The van der Waals surface area contributed by atoms with Gasteiger partial charge in [-0.3, -0.25) is 0 Å². The number of nitrogens with one attached hydrogen (secondary N) is 2. The zero-order valence-electron chi connectivity index (χ0n) is 12.7. The van der Waals surface area contributed by atoms with E-state index >= 15 is 0 Å². The summed E-state index contributed by atoms with van der Waals surface area (Å²) in [6.07, 6.45) is 1.66. The molecule has 1 aromatic heterocycles. The molecule has 2 N–H and O–H groups in total. The summed E-state index contributed by atoms with van der Waals surface area (Å²) in [5, 5.41) is 6.45. The van der Waals surface area contributed by atoms with Gasteiger partial charge in [0.2, 0.25) is 0 Å². The van der Waals surface area contributed by atoms with Crippen molar-refractivity contribution in [1.82, 2.24) is 10.6 Å². The highest BCUT2D eigenvalue weighted by Gasteiger charge is 2.05. The van der Waals surface area contributed by atoms with Crippen LogP contribution in [0.15, 0.2) is 50.5 Å². The Morgan fingerprint density at radius 1 is 1.32 bits per heavy atom. The van der Waals surface area contributed by atoms with Crippen molar-refractivity contribution in [3.8, 4) is 5.75 Å². The summed E-state index contributed by atoms with van der Waals surface area (Å²) in [6, 6.07) is 9.68. The van der Waals surface area contributed by atoms with Crippen molar-refractivity contribution in [2.75, 3.05) is 13.7 Å². The lowest BCUT2D eigenvalue weighted by atomic mass is 10.2. The van der Waals surface area contributed by atoms with Gasteiger partial charge < -0.3 is 19.8 Å². The lowest BCUT2D eigenvalue weighted by Gasteiger charge is -2.11. The molecule has 0 aliphatic rings. The van der Waals surface area contributed by atoms with Crippen LogP contribution in [0, 0.1) is 0 Å². The summed E-state index contributed by atoms with van der Waals surface area (Å²) in [5.41, 5.74) is 1.02. The fourth-order valence-corrected chi connectivity index (χ4v) is 2.37. The molecule has 1 aromatic carbocycles. The average molecular weight is 366 g/mol. The molecule has 22 heavy (non-hydrogen) atoms. The Labute approximate surface area is 138 Å². The third-order valence-corrected chi connectivity index (χ3v) is 3.50. The van der Waals surface area contributed by atoms with Crippen LogP contribution < -0.4 is 15.4 Å². The minimum Gasteiger partial charge on any atom is -0.496 e. The van der Waals surface area contributed by atoms with E-state index in [2.05, 4.69) is 31.6 Å². The van der Waals surface area contributed by atoms with E-state index in [0.717, 1.165) is 34.1 Å². The van der Waals surface area contributed by atoms with Crippen molar-refractivity contribution in [2.45, 2.75) is 20.0 Å². The fraction of sp³-hybridized carbons (Fsp3) is 0.312. The number of furan rings is 1. The smallest absolute Gasteiger partial charge is 0.191 e. The molecule has 0 amide bonds. The van der Waals surface area contributed by atoms with Gasteiger partial charge in [0.1, 0.15) is 11.5 Å². The first-order valence-corrected chi connectivity index (χ1v) is 7.89. The Bertz CT molecular complexity index is 612. The normalized spacial score (nSPS) is 11.3. The third kappa shape index (κ3) is 4.80. The number of benzene rings is 1. The number of methoxy groups -OCH3 is 1. The van der Waals surface area contributed by atoms with E-state index < -0.39 is 0 Å². The first kappa shape index (κ1) is 16.4. The number of halogens is 1. The van der Waals surface area contributed by atoms with Crippen LogP contribution in [0.2, 0.25) is 0 Å². The summed E-state index contributed by atoms with van der Waals surface area (Å²) in [4.78, 5) is 4.58. The topological polar surface area (TPSA) is 58.8 Å². The predicted octanol–water partition coefficient (Wildman–Crippen LogP) is 3.31. The Morgan fingerprint density at radius 3 is 2.86 bits per heavy atom. The van der Waals surface area contributed by atoms with Gasteiger partial charge in [-0.1, -0.05) is 15.9 Å². The van der Waals surface area contributed by atoms with Crippen molar-refractivity contribution in [3.05, 3.63) is 52.4 Å². The molecule has 0 unspecified atom stereocenters. The summed E-state index contributed by atoms with van der Waals surface area (Å²) >= 11 is 3.47. The highest BCUT2D eigenvalue weighted by Crippen LogP contribution is 2.23. The molecule has 1 heterocycles. The number of hydrogen-bond donors (Lipinski definition) is 2. The highest BCUT2D eigenvalue weighted by molar-refractivity contribution is 9.10. The number of hydrogen-bond acceptors (Lipinski definition) is 3. The van der Waals surface area contributed by atoms with Gasteiger partial charge in [0, 0.05) is 16.6 Å². The second kappa shape index (κ2) is 8.48. The maximum Gasteiger partial charge on any atom is 0.191 e. The Kier molecular flexibility index (Phi) is 6.33. The van der Waals surface area contributed by atoms with Crippen LogP contribution in [0.3, 0.4) is 0 Å². The summed E-state index contributed by atoms with van der Waals surface area (Å²) in [6.45, 7) is 3.94. The van der Waals surface area contributed by atoms with Gasteiger partial charge in [-0.2, -0.15) is 0 Å². The van der Waals surface area contributed by atoms with E-state index in [0.29, 0.717) is 13.1 Å². The number of guanidine groups is 1. The quantitative estimate of drug-likeness (QED) is 0.608. The average Bonchev–Trinajstić information content (AvgIpc) is 3.03. The molecule has 0 bridgehead atoms. The molecule has 0 saturated carbocycles. The summed E-state index contributed by atoms with van der Waals surface area (Å²) < 4.78 is 11.7. The molecule has 0 saturated heterocycles. The van der Waals surface area contributed by atoms with Crippen molar-refractivity contribution < 1.29 is 9.15 Å². The van der Waals surface area contributed by atoms with E-state index in [4.69, 9.17) is 9.15 Å². The molecule has 0 fully saturated rings. The second-order valence-electron chi connectivity index (χ2n) is 4.58. The first-order chi connectivity index (χ1) is 10.7. The molecule has 0 aliphatic heterocycles. The van der Waals surface area contributed by atoms with Gasteiger partial charge >= 0.3 is 0 Å². The summed E-state index contributed by atoms with van der Waals surface area (Å²) in [7, 11) is 1.66. The van der Waals surface area contributed by atoms with E-state index in [-0.39, 0.29) is 0 Å². The molecule has 5 nitrogen and oxygen atoms in total.